The number of anilines is 1. The molecule has 3 aromatic rings. The van der Waals surface area contributed by atoms with Gasteiger partial charge >= 0.3 is 0 Å². The van der Waals surface area contributed by atoms with E-state index in [2.05, 4.69) is 15.3 Å². The first kappa shape index (κ1) is 11.9. The number of benzene rings is 2. The van der Waals surface area contributed by atoms with Gasteiger partial charge in [-0.1, -0.05) is 23.7 Å². The average molecular weight is 270 g/mol. The Bertz CT molecular complexity index is 712. The molecule has 0 fully saturated rings. The summed E-state index contributed by atoms with van der Waals surface area (Å²) in [7, 11) is 0. The molecule has 0 unspecified atom stereocenters. The van der Waals surface area contributed by atoms with Gasteiger partial charge in [-0.15, -0.1) is 0 Å². The van der Waals surface area contributed by atoms with E-state index in [0.717, 1.165) is 33.9 Å². The van der Waals surface area contributed by atoms with Crippen molar-refractivity contribution >= 4 is 28.3 Å². The molecule has 4 heteroatoms. The topological polar surface area (TPSA) is 37.8 Å². The van der Waals surface area contributed by atoms with Crippen molar-refractivity contribution in [3.05, 3.63) is 65.4 Å². The van der Waals surface area contributed by atoms with Crippen LogP contribution in [0.25, 0.3) is 11.0 Å². The molecule has 0 spiro atoms. The van der Waals surface area contributed by atoms with Gasteiger partial charge in [0.05, 0.1) is 11.0 Å². The SMILES string of the molecule is Clc1cccc(CNc2ccc3nccnc3c2)c1. The molecular weight excluding hydrogens is 258 g/mol. The molecule has 0 amide bonds. The van der Waals surface area contributed by atoms with Crippen molar-refractivity contribution < 1.29 is 0 Å². The number of hydrogen-bond acceptors (Lipinski definition) is 3. The first-order valence-corrected chi connectivity index (χ1v) is 6.38. The number of aromatic nitrogens is 2. The number of fused-ring (bicyclic) bond motifs is 1. The molecular formula is C15H12ClN3. The van der Waals surface area contributed by atoms with Crippen LogP contribution in [0.2, 0.25) is 5.02 Å². The fraction of sp³-hybridized carbons (Fsp3) is 0.0667. The molecule has 1 N–H and O–H groups in total. The highest BCUT2D eigenvalue weighted by molar-refractivity contribution is 6.30. The fourth-order valence-corrected chi connectivity index (χ4v) is 2.14. The van der Waals surface area contributed by atoms with Crippen LogP contribution in [0.3, 0.4) is 0 Å². The van der Waals surface area contributed by atoms with Gasteiger partial charge in [0, 0.05) is 29.6 Å². The smallest absolute Gasteiger partial charge is 0.0907 e. The molecule has 0 aliphatic heterocycles. The predicted molar refractivity (Wildman–Crippen MR) is 78.3 cm³/mol. The summed E-state index contributed by atoms with van der Waals surface area (Å²) in [6.07, 6.45) is 3.39. The van der Waals surface area contributed by atoms with Crippen molar-refractivity contribution in [2.45, 2.75) is 6.54 Å². The zero-order chi connectivity index (χ0) is 13.1. The second-order valence-corrected chi connectivity index (χ2v) is 4.68. The fourth-order valence-electron chi connectivity index (χ4n) is 1.92. The van der Waals surface area contributed by atoms with Crippen LogP contribution in [0.1, 0.15) is 5.56 Å². The minimum absolute atomic E-state index is 0.729. The Morgan fingerprint density at radius 3 is 2.63 bits per heavy atom. The Hall–Kier alpha value is -2.13. The van der Waals surface area contributed by atoms with E-state index in [1.54, 1.807) is 12.4 Å². The van der Waals surface area contributed by atoms with Crippen LogP contribution in [-0.2, 0) is 6.54 Å². The van der Waals surface area contributed by atoms with Gasteiger partial charge in [0.1, 0.15) is 0 Å². The maximum absolute atomic E-state index is 5.96. The van der Waals surface area contributed by atoms with Crippen LogP contribution < -0.4 is 5.32 Å². The maximum Gasteiger partial charge on any atom is 0.0907 e. The van der Waals surface area contributed by atoms with Gasteiger partial charge in [0.25, 0.3) is 0 Å². The third-order valence-electron chi connectivity index (χ3n) is 2.85. The Morgan fingerprint density at radius 2 is 1.79 bits per heavy atom. The quantitative estimate of drug-likeness (QED) is 0.784. The van der Waals surface area contributed by atoms with Crippen LogP contribution in [0.5, 0.6) is 0 Å². The first-order chi connectivity index (χ1) is 9.31. The minimum atomic E-state index is 0.729. The second kappa shape index (κ2) is 5.24. The normalized spacial score (nSPS) is 10.6. The Kier molecular flexibility index (Phi) is 3.29. The molecule has 1 aromatic heterocycles. The van der Waals surface area contributed by atoms with Gasteiger partial charge in [0.15, 0.2) is 0 Å². The summed E-state index contributed by atoms with van der Waals surface area (Å²) in [6, 6.07) is 13.8. The summed E-state index contributed by atoms with van der Waals surface area (Å²) in [5.41, 5.74) is 3.95. The van der Waals surface area contributed by atoms with E-state index in [1.165, 1.54) is 0 Å². The van der Waals surface area contributed by atoms with Crippen molar-refractivity contribution in [1.82, 2.24) is 9.97 Å². The molecule has 1 heterocycles. The Labute approximate surface area is 116 Å². The molecule has 0 saturated heterocycles. The number of halogens is 1. The second-order valence-electron chi connectivity index (χ2n) is 4.24. The van der Waals surface area contributed by atoms with E-state index >= 15 is 0 Å². The number of hydrogen-bond donors (Lipinski definition) is 1. The number of rotatable bonds is 3. The molecule has 0 saturated carbocycles. The van der Waals surface area contributed by atoms with Crippen LogP contribution in [0, 0.1) is 0 Å². The highest BCUT2D eigenvalue weighted by Crippen LogP contribution is 2.17. The highest BCUT2D eigenvalue weighted by Gasteiger charge is 1.99. The van der Waals surface area contributed by atoms with Crippen LogP contribution in [-0.4, -0.2) is 9.97 Å². The third kappa shape index (κ3) is 2.83. The third-order valence-corrected chi connectivity index (χ3v) is 3.09. The van der Waals surface area contributed by atoms with Gasteiger partial charge < -0.3 is 5.32 Å². The van der Waals surface area contributed by atoms with Gasteiger partial charge in [-0.25, -0.2) is 0 Å². The Morgan fingerprint density at radius 1 is 0.947 bits per heavy atom. The number of nitrogens with zero attached hydrogens (tertiary/aromatic N) is 2. The van der Waals surface area contributed by atoms with Crippen LogP contribution in [0.4, 0.5) is 5.69 Å². The predicted octanol–water partition coefficient (Wildman–Crippen LogP) is 3.90. The summed E-state index contributed by atoms with van der Waals surface area (Å²) in [5.74, 6) is 0. The lowest BCUT2D eigenvalue weighted by Crippen LogP contribution is -1.99. The maximum atomic E-state index is 5.96. The van der Waals surface area contributed by atoms with E-state index in [0.29, 0.717) is 0 Å². The van der Waals surface area contributed by atoms with Gasteiger partial charge in [-0.05, 0) is 35.9 Å². The van der Waals surface area contributed by atoms with Crippen molar-refractivity contribution in [2.75, 3.05) is 5.32 Å². The summed E-state index contributed by atoms with van der Waals surface area (Å²) >= 11 is 5.96. The molecule has 0 atom stereocenters. The summed E-state index contributed by atoms with van der Waals surface area (Å²) < 4.78 is 0. The highest BCUT2D eigenvalue weighted by atomic mass is 35.5. The van der Waals surface area contributed by atoms with E-state index < -0.39 is 0 Å². The molecule has 0 bridgehead atoms. The Balaban J connectivity index is 1.78. The van der Waals surface area contributed by atoms with Gasteiger partial charge in [0.2, 0.25) is 0 Å². The van der Waals surface area contributed by atoms with Crippen molar-refractivity contribution in [3.8, 4) is 0 Å². The minimum Gasteiger partial charge on any atom is -0.381 e. The summed E-state index contributed by atoms with van der Waals surface area (Å²) in [4.78, 5) is 8.53. The molecule has 94 valence electrons. The molecule has 0 aliphatic rings. The zero-order valence-corrected chi connectivity index (χ0v) is 10.9. The standard InChI is InChI=1S/C15H12ClN3/c16-12-3-1-2-11(8-12)10-19-13-4-5-14-15(9-13)18-7-6-17-14/h1-9,19H,10H2. The van der Waals surface area contributed by atoms with Gasteiger partial charge in [-0.3, -0.25) is 9.97 Å². The van der Waals surface area contributed by atoms with E-state index in [-0.39, 0.29) is 0 Å². The average Bonchev–Trinajstić information content (AvgIpc) is 2.45. The molecule has 0 radical (unpaired) electrons. The van der Waals surface area contributed by atoms with E-state index in [1.807, 2.05) is 42.5 Å². The summed E-state index contributed by atoms with van der Waals surface area (Å²) in [5, 5.41) is 4.11. The number of nitrogens with one attached hydrogen (secondary N) is 1. The van der Waals surface area contributed by atoms with Crippen LogP contribution in [0.15, 0.2) is 54.9 Å². The largest absolute Gasteiger partial charge is 0.381 e. The summed E-state index contributed by atoms with van der Waals surface area (Å²) in [6.45, 7) is 0.729. The molecule has 3 rings (SSSR count). The van der Waals surface area contributed by atoms with Crippen molar-refractivity contribution in [1.29, 1.82) is 0 Å². The molecule has 0 aliphatic carbocycles. The lowest BCUT2D eigenvalue weighted by atomic mass is 10.2. The molecule has 19 heavy (non-hydrogen) atoms. The van der Waals surface area contributed by atoms with Crippen molar-refractivity contribution in [3.63, 3.8) is 0 Å². The van der Waals surface area contributed by atoms with Gasteiger partial charge in [-0.2, -0.15) is 0 Å². The first-order valence-electron chi connectivity index (χ1n) is 6.00. The van der Waals surface area contributed by atoms with E-state index in [9.17, 15) is 0 Å². The van der Waals surface area contributed by atoms with E-state index in [4.69, 9.17) is 11.6 Å². The van der Waals surface area contributed by atoms with Crippen molar-refractivity contribution in [2.24, 2.45) is 0 Å². The lowest BCUT2D eigenvalue weighted by Gasteiger charge is -2.07. The lowest BCUT2D eigenvalue weighted by molar-refractivity contribution is 1.15. The molecule has 2 aromatic carbocycles. The monoisotopic (exact) mass is 269 g/mol. The van der Waals surface area contributed by atoms with Crippen LogP contribution >= 0.6 is 11.6 Å². The molecule has 3 nitrogen and oxygen atoms in total. The zero-order valence-electron chi connectivity index (χ0n) is 10.2.